The molecule has 0 spiro atoms. The minimum absolute atomic E-state index is 0.0507. The highest BCUT2D eigenvalue weighted by molar-refractivity contribution is 7.89. The maximum Gasteiger partial charge on any atom is 0.243 e. The molecule has 1 aromatic carbocycles. The number of benzene rings is 1. The molecule has 2 aromatic rings. The number of nitrogens with zero attached hydrogens (tertiary/aromatic N) is 2. The summed E-state index contributed by atoms with van der Waals surface area (Å²) in [6.07, 6.45) is 3.89. The van der Waals surface area contributed by atoms with Crippen molar-refractivity contribution in [2.75, 3.05) is 6.54 Å². The van der Waals surface area contributed by atoms with Crippen LogP contribution in [0.5, 0.6) is 5.88 Å². The summed E-state index contributed by atoms with van der Waals surface area (Å²) in [5.74, 6) is -1.54. The summed E-state index contributed by atoms with van der Waals surface area (Å²) >= 11 is 5.90. The molecule has 1 saturated carbocycles. The third-order valence-electron chi connectivity index (χ3n) is 6.83. The van der Waals surface area contributed by atoms with Crippen molar-refractivity contribution in [3.8, 4) is 5.88 Å². The van der Waals surface area contributed by atoms with Crippen LogP contribution in [0.1, 0.15) is 51.9 Å². The number of hydrogen-bond acceptors (Lipinski definition) is 7. The minimum Gasteiger partial charge on any atom is -0.473 e. The van der Waals surface area contributed by atoms with Crippen molar-refractivity contribution < 1.29 is 27.5 Å². The molecule has 0 N–H and O–H groups in total. The topological polar surface area (TPSA) is 111 Å². The van der Waals surface area contributed by atoms with Crippen molar-refractivity contribution in [3.63, 3.8) is 0 Å². The second kappa shape index (κ2) is 11.8. The molecular formula is C27H31ClN2O6S. The first-order valence-electron chi connectivity index (χ1n) is 12.6. The monoisotopic (exact) mass is 546 g/mol. The SMILES string of the molecule is CCCC(CC(=O)[C@@H]1C[C@@H](Oc2ccc(Cl)cn2)CN1S(=O)(=O)c1ccccc1)C(=O)C(=O)CC1CC1. The van der Waals surface area contributed by atoms with Crippen LogP contribution >= 0.6 is 11.6 Å². The molecule has 2 aliphatic rings. The van der Waals surface area contributed by atoms with Crippen LogP contribution < -0.4 is 4.74 Å². The molecule has 10 heteroatoms. The highest BCUT2D eigenvalue weighted by atomic mass is 35.5. The lowest BCUT2D eigenvalue weighted by Gasteiger charge is -2.24. The van der Waals surface area contributed by atoms with Gasteiger partial charge in [-0.05, 0) is 43.4 Å². The van der Waals surface area contributed by atoms with Crippen molar-refractivity contribution >= 4 is 39.0 Å². The number of sulfonamides is 1. The molecule has 1 aliphatic carbocycles. The molecule has 0 bridgehead atoms. The van der Waals surface area contributed by atoms with Crippen LogP contribution in [0.2, 0.25) is 5.02 Å². The fraction of sp³-hybridized carbons (Fsp3) is 0.481. The molecule has 1 aromatic heterocycles. The Balaban J connectivity index is 1.55. The second-order valence-corrected chi connectivity index (χ2v) is 12.1. The van der Waals surface area contributed by atoms with Crippen molar-refractivity contribution in [1.29, 1.82) is 0 Å². The predicted octanol–water partition coefficient (Wildman–Crippen LogP) is 4.26. The van der Waals surface area contributed by atoms with E-state index in [-0.39, 0.29) is 48.3 Å². The average molecular weight is 547 g/mol. The van der Waals surface area contributed by atoms with E-state index in [1.165, 1.54) is 18.3 Å². The smallest absolute Gasteiger partial charge is 0.243 e. The quantitative estimate of drug-likeness (QED) is 0.345. The number of rotatable bonds is 13. The van der Waals surface area contributed by atoms with E-state index in [4.69, 9.17) is 16.3 Å². The van der Waals surface area contributed by atoms with E-state index in [1.807, 2.05) is 6.92 Å². The van der Waals surface area contributed by atoms with Crippen molar-refractivity contribution in [3.05, 3.63) is 53.7 Å². The molecular weight excluding hydrogens is 516 g/mol. The van der Waals surface area contributed by atoms with Gasteiger partial charge in [0, 0.05) is 37.4 Å². The minimum atomic E-state index is -4.02. The third-order valence-corrected chi connectivity index (χ3v) is 8.94. The third kappa shape index (κ3) is 6.83. The summed E-state index contributed by atoms with van der Waals surface area (Å²) in [5, 5.41) is 0.433. The number of ether oxygens (including phenoxy) is 1. The van der Waals surface area contributed by atoms with Crippen molar-refractivity contribution in [2.24, 2.45) is 11.8 Å². The predicted molar refractivity (Wildman–Crippen MR) is 138 cm³/mol. The van der Waals surface area contributed by atoms with Gasteiger partial charge in [-0.15, -0.1) is 0 Å². The van der Waals surface area contributed by atoms with Gasteiger partial charge in [0.2, 0.25) is 21.7 Å². The average Bonchev–Trinajstić information content (AvgIpc) is 3.60. The van der Waals surface area contributed by atoms with E-state index >= 15 is 0 Å². The van der Waals surface area contributed by atoms with Gasteiger partial charge in [-0.3, -0.25) is 14.4 Å². The number of carbonyl (C=O) groups is 3. The number of carbonyl (C=O) groups excluding carboxylic acids is 3. The van der Waals surface area contributed by atoms with E-state index in [0.29, 0.717) is 17.9 Å². The Labute approximate surface area is 222 Å². The number of hydrogen-bond donors (Lipinski definition) is 0. The van der Waals surface area contributed by atoms with Crippen LogP contribution in [-0.4, -0.2) is 53.7 Å². The molecule has 1 unspecified atom stereocenters. The maximum atomic E-state index is 13.6. The zero-order valence-electron chi connectivity index (χ0n) is 20.7. The Morgan fingerprint density at radius 3 is 2.49 bits per heavy atom. The lowest BCUT2D eigenvalue weighted by molar-refractivity contribution is -0.140. The van der Waals surface area contributed by atoms with Gasteiger partial charge in [-0.2, -0.15) is 4.31 Å². The van der Waals surface area contributed by atoms with E-state index in [2.05, 4.69) is 4.98 Å². The lowest BCUT2D eigenvalue weighted by atomic mass is 9.87. The van der Waals surface area contributed by atoms with Crippen LogP contribution in [0.15, 0.2) is 53.6 Å². The Morgan fingerprint density at radius 1 is 1.14 bits per heavy atom. The summed E-state index contributed by atoms with van der Waals surface area (Å²) in [4.78, 5) is 43.1. The Kier molecular flexibility index (Phi) is 8.77. The van der Waals surface area contributed by atoms with Gasteiger partial charge in [0.25, 0.3) is 0 Å². The molecule has 3 atom stereocenters. The Hall–Kier alpha value is -2.62. The molecule has 4 rings (SSSR count). The van der Waals surface area contributed by atoms with Gasteiger partial charge in [-0.1, -0.05) is 43.1 Å². The molecule has 37 heavy (non-hydrogen) atoms. The molecule has 0 amide bonds. The zero-order chi connectivity index (χ0) is 26.6. The van der Waals surface area contributed by atoms with Crippen LogP contribution in [0.4, 0.5) is 0 Å². The van der Waals surface area contributed by atoms with Gasteiger partial charge in [0.05, 0.1) is 22.5 Å². The van der Waals surface area contributed by atoms with Crippen LogP contribution in [-0.2, 0) is 24.4 Å². The van der Waals surface area contributed by atoms with Gasteiger partial charge in [0.1, 0.15) is 6.10 Å². The van der Waals surface area contributed by atoms with E-state index in [9.17, 15) is 22.8 Å². The van der Waals surface area contributed by atoms with Gasteiger partial charge >= 0.3 is 0 Å². The van der Waals surface area contributed by atoms with Crippen molar-refractivity contribution in [1.82, 2.24) is 9.29 Å². The number of aromatic nitrogens is 1. The van der Waals surface area contributed by atoms with E-state index < -0.39 is 39.7 Å². The standard InChI is InChI=1S/C27H31ClN2O6S/c1-2-6-19(27(33)25(32)13-18-9-10-18)14-24(31)23-15-21(36-26-12-11-20(28)16-29-26)17-30(23)37(34,35)22-7-4-3-5-8-22/h3-5,7-8,11-12,16,18-19,21,23H,2,6,9-10,13-15,17H2,1H3/t19?,21-,23+/m1/s1. The summed E-state index contributed by atoms with van der Waals surface area (Å²) < 4.78 is 34.1. The number of ketones is 3. The van der Waals surface area contributed by atoms with E-state index in [1.54, 1.807) is 30.3 Å². The molecule has 2 heterocycles. The molecule has 198 valence electrons. The normalized spacial score (nSPS) is 20.9. The zero-order valence-corrected chi connectivity index (χ0v) is 22.3. The summed E-state index contributed by atoms with van der Waals surface area (Å²) in [6.45, 7) is 1.84. The maximum absolute atomic E-state index is 13.6. The Bertz CT molecular complexity index is 1230. The highest BCUT2D eigenvalue weighted by Gasteiger charge is 2.45. The lowest BCUT2D eigenvalue weighted by Crippen LogP contribution is -2.42. The molecule has 1 aliphatic heterocycles. The first-order chi connectivity index (χ1) is 17.7. The van der Waals surface area contributed by atoms with Crippen LogP contribution in [0, 0.1) is 11.8 Å². The van der Waals surface area contributed by atoms with Crippen molar-refractivity contribution in [2.45, 2.75) is 68.9 Å². The molecule has 2 fully saturated rings. The summed E-state index contributed by atoms with van der Waals surface area (Å²) in [5.41, 5.74) is 0. The van der Waals surface area contributed by atoms with Gasteiger partial charge in [-0.25, -0.2) is 13.4 Å². The molecule has 8 nitrogen and oxygen atoms in total. The first kappa shape index (κ1) is 27.4. The van der Waals surface area contributed by atoms with Gasteiger partial charge < -0.3 is 4.74 Å². The summed E-state index contributed by atoms with van der Waals surface area (Å²) in [6, 6.07) is 10.1. The van der Waals surface area contributed by atoms with Gasteiger partial charge in [0.15, 0.2) is 11.6 Å². The van der Waals surface area contributed by atoms with Crippen LogP contribution in [0.3, 0.4) is 0 Å². The van der Waals surface area contributed by atoms with Crippen LogP contribution in [0.25, 0.3) is 0 Å². The second-order valence-electron chi connectivity index (χ2n) is 9.78. The summed E-state index contributed by atoms with van der Waals surface area (Å²) in [7, 11) is -4.02. The van der Waals surface area contributed by atoms with E-state index in [0.717, 1.165) is 17.1 Å². The number of pyridine rings is 1. The largest absolute Gasteiger partial charge is 0.473 e. The Morgan fingerprint density at radius 2 is 1.86 bits per heavy atom. The first-order valence-corrected chi connectivity index (χ1v) is 14.5. The fourth-order valence-electron chi connectivity index (χ4n) is 4.71. The highest BCUT2D eigenvalue weighted by Crippen LogP contribution is 2.34. The number of Topliss-reactive ketones (excluding diaryl/α,β-unsaturated/α-hetero) is 3. The number of halogens is 1. The fourth-order valence-corrected chi connectivity index (χ4v) is 6.49. The molecule has 1 saturated heterocycles. The molecule has 0 radical (unpaired) electrons.